The zero-order valence-corrected chi connectivity index (χ0v) is 11.8. The van der Waals surface area contributed by atoms with Crippen LogP contribution in [0, 0.1) is 6.92 Å². The third-order valence-electron chi connectivity index (χ3n) is 2.80. The molecule has 2 aromatic rings. The summed E-state index contributed by atoms with van der Waals surface area (Å²) < 4.78 is 0. The van der Waals surface area contributed by atoms with Crippen LogP contribution in [-0.2, 0) is 4.79 Å². The van der Waals surface area contributed by atoms with E-state index in [4.69, 9.17) is 17.3 Å². The van der Waals surface area contributed by atoms with E-state index in [-0.39, 0.29) is 5.91 Å². The first-order valence-corrected chi connectivity index (χ1v) is 6.53. The van der Waals surface area contributed by atoms with Crippen molar-refractivity contribution >= 4 is 35.0 Å². The Morgan fingerprint density at radius 2 is 2.05 bits per heavy atom. The summed E-state index contributed by atoms with van der Waals surface area (Å²) in [6.07, 6.45) is 3.18. The van der Waals surface area contributed by atoms with E-state index in [1.165, 1.54) is 6.08 Å². The van der Waals surface area contributed by atoms with Gasteiger partial charge in [-0.1, -0.05) is 29.8 Å². The van der Waals surface area contributed by atoms with Gasteiger partial charge in [-0.05, 0) is 48.4 Å². The average Bonchev–Trinajstić information content (AvgIpc) is 2.41. The van der Waals surface area contributed by atoms with Crippen LogP contribution in [0.1, 0.15) is 11.1 Å². The van der Waals surface area contributed by atoms with Gasteiger partial charge in [0.1, 0.15) is 0 Å². The van der Waals surface area contributed by atoms with Gasteiger partial charge >= 0.3 is 0 Å². The molecule has 2 aromatic carbocycles. The topological polar surface area (TPSA) is 55.1 Å². The highest BCUT2D eigenvalue weighted by Gasteiger charge is 2.02. The second kappa shape index (κ2) is 6.26. The number of aryl methyl sites for hydroxylation is 1. The standard InChI is InChI=1S/C16H15ClN2O/c1-11-5-7-13(17)10-15(11)19-16(20)8-6-12-3-2-4-14(18)9-12/h2-10H,18H2,1H3,(H,19,20)/b8-6+. The van der Waals surface area contributed by atoms with Crippen LogP contribution in [0.25, 0.3) is 6.08 Å². The molecule has 2 rings (SSSR count). The quantitative estimate of drug-likeness (QED) is 0.664. The molecule has 3 nitrogen and oxygen atoms in total. The lowest BCUT2D eigenvalue weighted by Crippen LogP contribution is -2.08. The minimum Gasteiger partial charge on any atom is -0.399 e. The molecule has 3 N–H and O–H groups in total. The van der Waals surface area contributed by atoms with Gasteiger partial charge in [-0.2, -0.15) is 0 Å². The van der Waals surface area contributed by atoms with Crippen LogP contribution >= 0.6 is 11.6 Å². The van der Waals surface area contributed by atoms with E-state index in [0.717, 1.165) is 11.1 Å². The van der Waals surface area contributed by atoms with Crippen LogP contribution in [0.4, 0.5) is 11.4 Å². The molecule has 4 heteroatoms. The molecule has 0 radical (unpaired) electrons. The number of nitrogen functional groups attached to an aromatic ring is 1. The Kier molecular flexibility index (Phi) is 4.43. The third kappa shape index (κ3) is 3.87. The van der Waals surface area contributed by atoms with Crippen molar-refractivity contribution in [2.45, 2.75) is 6.92 Å². The van der Waals surface area contributed by atoms with E-state index in [9.17, 15) is 4.79 Å². The molecule has 0 aliphatic carbocycles. The van der Waals surface area contributed by atoms with Crippen molar-refractivity contribution in [2.75, 3.05) is 11.1 Å². The smallest absolute Gasteiger partial charge is 0.248 e. The van der Waals surface area contributed by atoms with Crippen molar-refractivity contribution in [3.63, 3.8) is 0 Å². The van der Waals surface area contributed by atoms with Crippen LogP contribution in [-0.4, -0.2) is 5.91 Å². The highest BCUT2D eigenvalue weighted by Crippen LogP contribution is 2.20. The predicted molar refractivity (Wildman–Crippen MR) is 84.7 cm³/mol. The van der Waals surface area contributed by atoms with Crippen LogP contribution in [0.3, 0.4) is 0 Å². The fourth-order valence-electron chi connectivity index (χ4n) is 1.74. The van der Waals surface area contributed by atoms with Gasteiger partial charge in [0.05, 0.1) is 0 Å². The number of halogens is 1. The lowest BCUT2D eigenvalue weighted by molar-refractivity contribution is -0.111. The number of carbonyl (C=O) groups is 1. The zero-order chi connectivity index (χ0) is 14.5. The first-order valence-electron chi connectivity index (χ1n) is 6.15. The zero-order valence-electron chi connectivity index (χ0n) is 11.1. The molecule has 0 aliphatic rings. The first-order chi connectivity index (χ1) is 9.54. The van der Waals surface area contributed by atoms with Gasteiger partial charge < -0.3 is 11.1 Å². The molecule has 0 aromatic heterocycles. The van der Waals surface area contributed by atoms with E-state index in [1.54, 1.807) is 30.3 Å². The van der Waals surface area contributed by atoms with E-state index in [0.29, 0.717) is 16.4 Å². The summed E-state index contributed by atoms with van der Waals surface area (Å²) in [5.41, 5.74) is 8.89. The lowest BCUT2D eigenvalue weighted by Gasteiger charge is -2.06. The molecule has 0 atom stereocenters. The Balaban J connectivity index is 2.07. The predicted octanol–water partition coefficient (Wildman–Crippen LogP) is 3.88. The number of carbonyl (C=O) groups excluding carboxylic acids is 1. The number of benzene rings is 2. The fraction of sp³-hybridized carbons (Fsp3) is 0.0625. The molecule has 0 unspecified atom stereocenters. The maximum absolute atomic E-state index is 11.9. The number of anilines is 2. The van der Waals surface area contributed by atoms with Crippen molar-refractivity contribution in [3.8, 4) is 0 Å². The fourth-order valence-corrected chi connectivity index (χ4v) is 1.91. The monoisotopic (exact) mass is 286 g/mol. The molecule has 1 amide bonds. The number of amides is 1. The second-order valence-corrected chi connectivity index (χ2v) is 4.89. The molecule has 0 bridgehead atoms. The SMILES string of the molecule is Cc1ccc(Cl)cc1NC(=O)/C=C/c1cccc(N)c1. The van der Waals surface area contributed by atoms with Crippen LogP contribution in [0.5, 0.6) is 0 Å². The highest BCUT2D eigenvalue weighted by atomic mass is 35.5. The normalized spacial score (nSPS) is 10.7. The summed E-state index contributed by atoms with van der Waals surface area (Å²) in [6, 6.07) is 12.7. The molecule has 0 fully saturated rings. The maximum atomic E-state index is 11.9. The van der Waals surface area contributed by atoms with Gasteiger partial charge in [-0.25, -0.2) is 0 Å². The molecule has 0 spiro atoms. The number of rotatable bonds is 3. The summed E-state index contributed by atoms with van der Waals surface area (Å²) in [4.78, 5) is 11.9. The summed E-state index contributed by atoms with van der Waals surface area (Å²) in [7, 11) is 0. The second-order valence-electron chi connectivity index (χ2n) is 4.45. The van der Waals surface area contributed by atoms with Crippen molar-refractivity contribution in [2.24, 2.45) is 0 Å². The Labute approximate surface area is 123 Å². The molecular weight excluding hydrogens is 272 g/mol. The number of nitrogens with two attached hydrogens (primary N) is 1. The lowest BCUT2D eigenvalue weighted by atomic mass is 10.2. The Morgan fingerprint density at radius 3 is 2.80 bits per heavy atom. The highest BCUT2D eigenvalue weighted by molar-refractivity contribution is 6.31. The Bertz CT molecular complexity index is 665. The molecule has 0 saturated carbocycles. The maximum Gasteiger partial charge on any atom is 0.248 e. The minimum atomic E-state index is -0.210. The minimum absolute atomic E-state index is 0.210. The average molecular weight is 287 g/mol. The van der Waals surface area contributed by atoms with Crippen LogP contribution in [0.2, 0.25) is 5.02 Å². The van der Waals surface area contributed by atoms with Crippen molar-refractivity contribution in [3.05, 3.63) is 64.7 Å². The Morgan fingerprint density at radius 1 is 1.25 bits per heavy atom. The summed E-state index contributed by atoms with van der Waals surface area (Å²) in [6.45, 7) is 1.91. The van der Waals surface area contributed by atoms with Crippen LogP contribution in [0.15, 0.2) is 48.5 Å². The molecule has 20 heavy (non-hydrogen) atoms. The van der Waals surface area contributed by atoms with Gasteiger partial charge in [0.15, 0.2) is 0 Å². The van der Waals surface area contributed by atoms with Gasteiger partial charge in [-0.15, -0.1) is 0 Å². The third-order valence-corrected chi connectivity index (χ3v) is 3.03. The molecule has 0 heterocycles. The number of hydrogen-bond acceptors (Lipinski definition) is 2. The van der Waals surface area contributed by atoms with Gasteiger partial charge in [-0.3, -0.25) is 4.79 Å². The Hall–Kier alpha value is -2.26. The van der Waals surface area contributed by atoms with Gasteiger partial charge in [0.25, 0.3) is 0 Å². The van der Waals surface area contributed by atoms with Gasteiger partial charge in [0, 0.05) is 22.5 Å². The number of nitrogens with one attached hydrogen (secondary N) is 1. The molecule has 0 saturated heterocycles. The van der Waals surface area contributed by atoms with Crippen molar-refractivity contribution < 1.29 is 4.79 Å². The van der Waals surface area contributed by atoms with Crippen molar-refractivity contribution in [1.82, 2.24) is 0 Å². The largest absolute Gasteiger partial charge is 0.399 e. The number of hydrogen-bond donors (Lipinski definition) is 2. The summed E-state index contributed by atoms with van der Waals surface area (Å²) in [5.74, 6) is -0.210. The van der Waals surface area contributed by atoms with Crippen molar-refractivity contribution in [1.29, 1.82) is 0 Å². The van der Waals surface area contributed by atoms with Crippen LogP contribution < -0.4 is 11.1 Å². The molecule has 102 valence electrons. The van der Waals surface area contributed by atoms with E-state index in [1.807, 2.05) is 25.1 Å². The van der Waals surface area contributed by atoms with E-state index >= 15 is 0 Å². The van der Waals surface area contributed by atoms with Gasteiger partial charge in [0.2, 0.25) is 5.91 Å². The van der Waals surface area contributed by atoms with E-state index < -0.39 is 0 Å². The van der Waals surface area contributed by atoms with E-state index in [2.05, 4.69) is 5.32 Å². The summed E-state index contributed by atoms with van der Waals surface area (Å²) >= 11 is 5.91. The molecular formula is C16H15ClN2O. The first kappa shape index (κ1) is 14.2. The summed E-state index contributed by atoms with van der Waals surface area (Å²) in [5, 5.41) is 3.38. The molecule has 0 aliphatic heterocycles.